The van der Waals surface area contributed by atoms with Gasteiger partial charge in [0.25, 0.3) is 5.56 Å². The van der Waals surface area contributed by atoms with Crippen LogP contribution >= 0.6 is 0 Å². The number of hydrogen-bond donors (Lipinski definition) is 1. The number of nitrogens with zero attached hydrogens (tertiary/aromatic N) is 3. The maximum Gasteiger partial charge on any atom is 0.269 e. The molecule has 3 rings (SSSR count). The third-order valence-electron chi connectivity index (χ3n) is 5.09. The molecule has 7 nitrogen and oxygen atoms in total. The van der Waals surface area contributed by atoms with Gasteiger partial charge in [0.1, 0.15) is 0 Å². The minimum atomic E-state index is -0.112. The summed E-state index contributed by atoms with van der Waals surface area (Å²) in [6.07, 6.45) is 4.13. The van der Waals surface area contributed by atoms with Gasteiger partial charge in [-0.1, -0.05) is 30.3 Å². The molecule has 1 aromatic heterocycles. The van der Waals surface area contributed by atoms with Gasteiger partial charge < -0.3 is 15.0 Å². The maximum atomic E-state index is 12.4. The minimum Gasteiger partial charge on any atom is -0.385 e. The zero-order valence-electron chi connectivity index (χ0n) is 16.3. The summed E-state index contributed by atoms with van der Waals surface area (Å²) < 4.78 is 6.46. The van der Waals surface area contributed by atoms with E-state index in [0.717, 1.165) is 43.6 Å². The van der Waals surface area contributed by atoms with E-state index in [-0.39, 0.29) is 17.4 Å². The molecule has 1 aliphatic rings. The number of benzene rings is 1. The molecule has 0 aliphatic carbocycles. The monoisotopic (exact) mass is 384 g/mol. The van der Waals surface area contributed by atoms with Crippen LogP contribution in [0.5, 0.6) is 0 Å². The van der Waals surface area contributed by atoms with Gasteiger partial charge in [-0.15, -0.1) is 0 Å². The fourth-order valence-corrected chi connectivity index (χ4v) is 3.44. The lowest BCUT2D eigenvalue weighted by Crippen LogP contribution is -2.41. The fraction of sp³-hybridized carbons (Fsp3) is 0.476. The highest BCUT2D eigenvalue weighted by Gasteiger charge is 2.25. The van der Waals surface area contributed by atoms with E-state index in [1.807, 2.05) is 30.3 Å². The van der Waals surface area contributed by atoms with Crippen molar-refractivity contribution >= 4 is 11.6 Å². The van der Waals surface area contributed by atoms with Crippen LogP contribution in [0.25, 0.3) is 0 Å². The van der Waals surface area contributed by atoms with Crippen molar-refractivity contribution in [3.8, 4) is 0 Å². The number of carbonyl (C=O) groups excluding carboxylic acids is 1. The predicted molar refractivity (Wildman–Crippen MR) is 108 cm³/mol. The molecular weight excluding hydrogens is 356 g/mol. The van der Waals surface area contributed by atoms with Crippen molar-refractivity contribution in [3.63, 3.8) is 0 Å². The first-order chi connectivity index (χ1) is 13.7. The number of anilines is 1. The highest BCUT2D eigenvalue weighted by Crippen LogP contribution is 2.22. The summed E-state index contributed by atoms with van der Waals surface area (Å²) in [4.78, 5) is 26.8. The van der Waals surface area contributed by atoms with E-state index in [1.54, 1.807) is 19.4 Å². The number of amides is 1. The first-order valence-corrected chi connectivity index (χ1v) is 9.80. The van der Waals surface area contributed by atoms with Crippen LogP contribution in [-0.4, -0.2) is 49.0 Å². The molecule has 1 fully saturated rings. The smallest absolute Gasteiger partial charge is 0.269 e. The quantitative estimate of drug-likeness (QED) is 0.701. The van der Waals surface area contributed by atoms with Gasteiger partial charge in [-0.2, -0.15) is 5.10 Å². The van der Waals surface area contributed by atoms with Gasteiger partial charge in [0.2, 0.25) is 5.91 Å². The Balaban J connectivity index is 1.52. The molecule has 150 valence electrons. The zero-order valence-corrected chi connectivity index (χ0v) is 16.3. The lowest BCUT2D eigenvalue weighted by atomic mass is 9.95. The number of rotatable bonds is 8. The van der Waals surface area contributed by atoms with Crippen LogP contribution in [0.3, 0.4) is 0 Å². The van der Waals surface area contributed by atoms with Crippen LogP contribution < -0.4 is 15.8 Å². The molecule has 1 N–H and O–H groups in total. The van der Waals surface area contributed by atoms with Gasteiger partial charge >= 0.3 is 0 Å². The van der Waals surface area contributed by atoms with Crippen molar-refractivity contribution in [1.82, 2.24) is 15.1 Å². The van der Waals surface area contributed by atoms with Crippen LogP contribution in [0.4, 0.5) is 5.69 Å². The number of carbonyl (C=O) groups is 1. The van der Waals surface area contributed by atoms with Crippen LogP contribution in [-0.2, 0) is 16.1 Å². The lowest BCUT2D eigenvalue weighted by molar-refractivity contribution is -0.125. The summed E-state index contributed by atoms with van der Waals surface area (Å²) in [7, 11) is 1.66. The molecule has 0 radical (unpaired) electrons. The van der Waals surface area contributed by atoms with Crippen molar-refractivity contribution in [1.29, 1.82) is 0 Å². The van der Waals surface area contributed by atoms with E-state index in [1.165, 1.54) is 4.68 Å². The van der Waals surface area contributed by atoms with E-state index >= 15 is 0 Å². The second-order valence-electron chi connectivity index (χ2n) is 7.09. The van der Waals surface area contributed by atoms with E-state index in [4.69, 9.17) is 4.74 Å². The molecule has 0 bridgehead atoms. The molecule has 0 atom stereocenters. The van der Waals surface area contributed by atoms with Crippen LogP contribution in [0.2, 0.25) is 0 Å². The zero-order chi connectivity index (χ0) is 19.8. The molecule has 0 spiro atoms. The van der Waals surface area contributed by atoms with Crippen LogP contribution in [0.15, 0.2) is 47.4 Å². The molecule has 1 saturated heterocycles. The maximum absolute atomic E-state index is 12.4. The SMILES string of the molecule is COCCCNC(=O)C1CCN(c2cnn(Cc3ccccc3)c(=O)c2)CC1. The largest absolute Gasteiger partial charge is 0.385 e. The molecule has 2 heterocycles. The third kappa shape index (κ3) is 5.42. The Hall–Kier alpha value is -2.67. The van der Waals surface area contributed by atoms with Crippen molar-refractivity contribution < 1.29 is 9.53 Å². The number of methoxy groups -OCH3 is 1. The highest BCUT2D eigenvalue weighted by atomic mass is 16.5. The standard InChI is InChI=1S/C21H28N4O3/c1-28-13-5-10-22-21(27)18-8-11-24(12-9-18)19-14-20(26)25(23-15-19)16-17-6-3-2-4-7-17/h2-4,6-7,14-15,18H,5,8-13,16H2,1H3,(H,22,27). The van der Waals surface area contributed by atoms with Gasteiger partial charge in [0, 0.05) is 45.3 Å². The second kappa shape index (κ2) is 10.0. The van der Waals surface area contributed by atoms with Crippen molar-refractivity contribution in [2.24, 2.45) is 5.92 Å². The van der Waals surface area contributed by atoms with Crippen molar-refractivity contribution in [3.05, 3.63) is 58.5 Å². The summed E-state index contributed by atoms with van der Waals surface area (Å²) in [5.41, 5.74) is 1.76. The average molecular weight is 384 g/mol. The number of piperidine rings is 1. The Morgan fingerprint density at radius 2 is 2.00 bits per heavy atom. The Labute approximate surface area is 165 Å². The summed E-state index contributed by atoms with van der Waals surface area (Å²) >= 11 is 0. The normalized spacial score (nSPS) is 14.8. The molecule has 0 unspecified atom stereocenters. The Morgan fingerprint density at radius 1 is 1.25 bits per heavy atom. The fourth-order valence-electron chi connectivity index (χ4n) is 3.44. The van der Waals surface area contributed by atoms with E-state index in [2.05, 4.69) is 15.3 Å². The first kappa shape index (κ1) is 20.1. The Bertz CT molecular complexity index is 814. The molecular formula is C21H28N4O3. The Kier molecular flexibility index (Phi) is 7.19. The van der Waals surface area contributed by atoms with E-state index in [9.17, 15) is 9.59 Å². The molecule has 2 aromatic rings. The molecule has 7 heteroatoms. The number of ether oxygens (including phenoxy) is 1. The van der Waals surface area contributed by atoms with Crippen LogP contribution in [0.1, 0.15) is 24.8 Å². The van der Waals surface area contributed by atoms with Crippen molar-refractivity contribution in [2.75, 3.05) is 38.3 Å². The number of nitrogens with one attached hydrogen (secondary N) is 1. The third-order valence-corrected chi connectivity index (χ3v) is 5.09. The predicted octanol–water partition coefficient (Wildman–Crippen LogP) is 1.66. The summed E-state index contributed by atoms with van der Waals surface area (Å²) in [5, 5.41) is 7.31. The first-order valence-electron chi connectivity index (χ1n) is 9.80. The van der Waals surface area contributed by atoms with Gasteiger partial charge in [-0.05, 0) is 24.8 Å². The van der Waals surface area contributed by atoms with Gasteiger partial charge in [-0.3, -0.25) is 9.59 Å². The summed E-state index contributed by atoms with van der Waals surface area (Å²) in [6.45, 7) is 3.27. The second-order valence-corrected chi connectivity index (χ2v) is 7.09. The Morgan fingerprint density at radius 3 is 2.68 bits per heavy atom. The van der Waals surface area contributed by atoms with E-state index < -0.39 is 0 Å². The van der Waals surface area contributed by atoms with Gasteiger partial charge in [0.05, 0.1) is 18.4 Å². The molecule has 28 heavy (non-hydrogen) atoms. The minimum absolute atomic E-state index is 0.0326. The number of aromatic nitrogens is 2. The van der Waals surface area contributed by atoms with E-state index in [0.29, 0.717) is 19.7 Å². The lowest BCUT2D eigenvalue weighted by Gasteiger charge is -2.32. The molecule has 1 amide bonds. The molecule has 1 aromatic carbocycles. The summed E-state index contributed by atoms with van der Waals surface area (Å²) in [6, 6.07) is 11.5. The van der Waals surface area contributed by atoms with Crippen molar-refractivity contribution in [2.45, 2.75) is 25.8 Å². The summed E-state index contributed by atoms with van der Waals surface area (Å²) in [5.74, 6) is 0.150. The van der Waals surface area contributed by atoms with Crippen LogP contribution in [0, 0.1) is 5.92 Å². The molecule has 1 aliphatic heterocycles. The highest BCUT2D eigenvalue weighted by molar-refractivity contribution is 5.78. The average Bonchev–Trinajstić information content (AvgIpc) is 2.73. The van der Waals surface area contributed by atoms with Gasteiger partial charge in [0.15, 0.2) is 0 Å². The molecule has 0 saturated carbocycles. The van der Waals surface area contributed by atoms with Gasteiger partial charge in [-0.25, -0.2) is 4.68 Å². The topological polar surface area (TPSA) is 76.5 Å². The number of hydrogen-bond acceptors (Lipinski definition) is 5.